The lowest BCUT2D eigenvalue weighted by atomic mass is 10.2. The molecule has 0 saturated carbocycles. The third kappa shape index (κ3) is 3.98. The van der Waals surface area contributed by atoms with Gasteiger partial charge in [0, 0.05) is 31.9 Å². The predicted octanol–water partition coefficient (Wildman–Crippen LogP) is 3.62. The number of amides is 1. The minimum Gasteiger partial charge on any atom is -0.437 e. The quantitative estimate of drug-likeness (QED) is 0.902. The number of rotatable bonds is 3. The Balaban J connectivity index is 1.71. The number of halogens is 2. The number of benzene rings is 1. The van der Waals surface area contributed by atoms with Gasteiger partial charge in [0.15, 0.2) is 0 Å². The van der Waals surface area contributed by atoms with Gasteiger partial charge in [0.2, 0.25) is 5.88 Å². The molecule has 0 unspecified atom stereocenters. The van der Waals surface area contributed by atoms with Crippen molar-refractivity contribution in [2.75, 3.05) is 26.2 Å². The molecule has 1 aromatic carbocycles. The fourth-order valence-corrected chi connectivity index (χ4v) is 2.80. The zero-order chi connectivity index (χ0) is 16.9. The van der Waals surface area contributed by atoms with Crippen LogP contribution in [0.1, 0.15) is 16.8 Å². The molecule has 24 heavy (non-hydrogen) atoms. The highest BCUT2D eigenvalue weighted by atomic mass is 35.5. The van der Waals surface area contributed by atoms with Crippen LogP contribution in [0.15, 0.2) is 36.5 Å². The lowest BCUT2D eigenvalue weighted by Gasteiger charge is -2.19. The Bertz CT molecular complexity index is 714. The van der Waals surface area contributed by atoms with Gasteiger partial charge >= 0.3 is 0 Å². The predicted molar refractivity (Wildman–Crippen MR) is 94.2 cm³/mol. The zero-order valence-electron chi connectivity index (χ0n) is 13.0. The van der Waals surface area contributed by atoms with Crippen LogP contribution in [0.4, 0.5) is 0 Å². The van der Waals surface area contributed by atoms with E-state index in [9.17, 15) is 4.79 Å². The average Bonchev–Trinajstić information content (AvgIpc) is 2.88. The first kappa shape index (κ1) is 17.0. The number of carbonyl (C=O) groups is 1. The van der Waals surface area contributed by atoms with Crippen molar-refractivity contribution in [1.29, 1.82) is 0 Å². The molecule has 1 fully saturated rings. The number of hydrogen-bond donors (Lipinski definition) is 1. The molecule has 1 aliphatic rings. The van der Waals surface area contributed by atoms with Crippen molar-refractivity contribution in [2.45, 2.75) is 6.42 Å². The van der Waals surface area contributed by atoms with Crippen LogP contribution in [0.2, 0.25) is 10.0 Å². The van der Waals surface area contributed by atoms with Gasteiger partial charge in [0.1, 0.15) is 10.8 Å². The Labute approximate surface area is 150 Å². The van der Waals surface area contributed by atoms with Gasteiger partial charge in [-0.1, -0.05) is 29.3 Å². The summed E-state index contributed by atoms with van der Waals surface area (Å²) in [5.74, 6) is 0.765. The fourth-order valence-electron chi connectivity index (χ4n) is 2.47. The number of ether oxygens (including phenoxy) is 1. The van der Waals surface area contributed by atoms with Gasteiger partial charge in [-0.25, -0.2) is 4.98 Å². The van der Waals surface area contributed by atoms with Crippen LogP contribution in [0.3, 0.4) is 0 Å². The molecular weight excluding hydrogens is 349 g/mol. The lowest BCUT2D eigenvalue weighted by molar-refractivity contribution is 0.0766. The summed E-state index contributed by atoms with van der Waals surface area (Å²) in [5.41, 5.74) is 0.543. The molecule has 0 bridgehead atoms. The number of aromatic nitrogens is 1. The normalized spacial score (nSPS) is 15.0. The Kier molecular flexibility index (Phi) is 5.56. The molecule has 126 valence electrons. The topological polar surface area (TPSA) is 54.5 Å². The number of hydrogen-bond acceptors (Lipinski definition) is 4. The van der Waals surface area contributed by atoms with Crippen LogP contribution >= 0.6 is 23.2 Å². The smallest absolute Gasteiger partial charge is 0.255 e. The Morgan fingerprint density at radius 2 is 2.04 bits per heavy atom. The van der Waals surface area contributed by atoms with E-state index >= 15 is 0 Å². The minimum atomic E-state index is -0.0152. The van der Waals surface area contributed by atoms with Crippen LogP contribution in [0, 0.1) is 0 Å². The van der Waals surface area contributed by atoms with E-state index in [4.69, 9.17) is 27.9 Å². The Morgan fingerprint density at radius 1 is 1.17 bits per heavy atom. The Morgan fingerprint density at radius 3 is 2.83 bits per heavy atom. The number of pyridine rings is 1. The van der Waals surface area contributed by atoms with E-state index in [1.54, 1.807) is 30.3 Å². The second kappa shape index (κ2) is 7.83. The zero-order valence-corrected chi connectivity index (χ0v) is 14.5. The van der Waals surface area contributed by atoms with E-state index in [1.807, 2.05) is 4.90 Å². The molecule has 2 heterocycles. The third-order valence-corrected chi connectivity index (χ3v) is 4.54. The molecule has 0 radical (unpaired) electrons. The molecule has 1 aliphatic heterocycles. The Hall–Kier alpha value is -1.82. The molecule has 7 heteroatoms. The maximum Gasteiger partial charge on any atom is 0.255 e. The molecular formula is C17H17Cl2N3O2. The molecule has 5 nitrogen and oxygen atoms in total. The summed E-state index contributed by atoms with van der Waals surface area (Å²) in [6, 6.07) is 8.50. The largest absolute Gasteiger partial charge is 0.437 e. The second-order valence-electron chi connectivity index (χ2n) is 5.43. The standard InChI is InChI=1S/C17H17Cl2N3O2/c18-13-3-1-4-14(16(13)19)24-15-6-5-12(11-21-15)17(23)22-9-2-7-20-8-10-22/h1,3-6,11,20H,2,7-10H2. The van der Waals surface area contributed by atoms with Crippen molar-refractivity contribution < 1.29 is 9.53 Å². The summed E-state index contributed by atoms with van der Waals surface area (Å²) < 4.78 is 5.63. The van der Waals surface area contributed by atoms with Crippen molar-refractivity contribution in [3.05, 3.63) is 52.1 Å². The highest BCUT2D eigenvalue weighted by molar-refractivity contribution is 6.42. The van der Waals surface area contributed by atoms with Gasteiger partial charge in [-0.3, -0.25) is 4.79 Å². The van der Waals surface area contributed by atoms with E-state index in [0.29, 0.717) is 33.8 Å². The molecule has 3 rings (SSSR count). The number of carbonyl (C=O) groups excluding carboxylic acids is 1. The van der Waals surface area contributed by atoms with E-state index in [-0.39, 0.29) is 5.91 Å². The van der Waals surface area contributed by atoms with Crippen LogP contribution in [0.5, 0.6) is 11.6 Å². The van der Waals surface area contributed by atoms with E-state index in [0.717, 1.165) is 26.1 Å². The van der Waals surface area contributed by atoms with E-state index < -0.39 is 0 Å². The highest BCUT2D eigenvalue weighted by Gasteiger charge is 2.17. The monoisotopic (exact) mass is 365 g/mol. The first-order chi connectivity index (χ1) is 11.6. The summed E-state index contributed by atoms with van der Waals surface area (Å²) in [5, 5.41) is 4.02. The minimum absolute atomic E-state index is 0.0152. The molecule has 1 N–H and O–H groups in total. The highest BCUT2D eigenvalue weighted by Crippen LogP contribution is 2.33. The number of nitrogens with zero attached hydrogens (tertiary/aromatic N) is 2. The van der Waals surface area contributed by atoms with Crippen LogP contribution < -0.4 is 10.1 Å². The van der Waals surface area contributed by atoms with Gasteiger partial charge < -0.3 is 15.0 Å². The molecule has 0 spiro atoms. The van der Waals surface area contributed by atoms with Crippen LogP contribution in [-0.2, 0) is 0 Å². The summed E-state index contributed by atoms with van der Waals surface area (Å²) >= 11 is 12.0. The fraction of sp³-hybridized carbons (Fsp3) is 0.294. The molecule has 2 aromatic rings. The van der Waals surface area contributed by atoms with Crippen molar-refractivity contribution in [3.63, 3.8) is 0 Å². The van der Waals surface area contributed by atoms with Crippen molar-refractivity contribution in [2.24, 2.45) is 0 Å². The SMILES string of the molecule is O=C(c1ccc(Oc2cccc(Cl)c2Cl)nc1)N1CCCNCC1. The molecule has 0 aliphatic carbocycles. The lowest BCUT2D eigenvalue weighted by Crippen LogP contribution is -2.34. The van der Waals surface area contributed by atoms with Crippen molar-refractivity contribution in [3.8, 4) is 11.6 Å². The maximum atomic E-state index is 12.5. The summed E-state index contributed by atoms with van der Waals surface area (Å²) in [4.78, 5) is 18.5. The van der Waals surface area contributed by atoms with Crippen LogP contribution in [-0.4, -0.2) is 42.0 Å². The van der Waals surface area contributed by atoms with Gasteiger partial charge in [-0.2, -0.15) is 0 Å². The van der Waals surface area contributed by atoms with Gasteiger partial charge in [0.25, 0.3) is 5.91 Å². The summed E-state index contributed by atoms with van der Waals surface area (Å²) in [6.45, 7) is 3.21. The van der Waals surface area contributed by atoms with Gasteiger partial charge in [0.05, 0.1) is 10.6 Å². The molecule has 0 atom stereocenters. The third-order valence-electron chi connectivity index (χ3n) is 3.74. The average molecular weight is 366 g/mol. The van der Waals surface area contributed by atoms with E-state index in [1.165, 1.54) is 6.20 Å². The summed E-state index contributed by atoms with van der Waals surface area (Å²) in [7, 11) is 0. The van der Waals surface area contributed by atoms with Crippen molar-refractivity contribution in [1.82, 2.24) is 15.2 Å². The first-order valence-corrected chi connectivity index (χ1v) is 8.48. The summed E-state index contributed by atoms with van der Waals surface area (Å²) in [6.07, 6.45) is 2.47. The first-order valence-electron chi connectivity index (χ1n) is 7.73. The molecule has 1 aromatic heterocycles. The van der Waals surface area contributed by atoms with Gasteiger partial charge in [-0.15, -0.1) is 0 Å². The second-order valence-corrected chi connectivity index (χ2v) is 6.22. The molecule has 1 saturated heterocycles. The number of nitrogens with one attached hydrogen (secondary N) is 1. The van der Waals surface area contributed by atoms with Gasteiger partial charge in [-0.05, 0) is 31.2 Å². The maximum absolute atomic E-state index is 12.5. The van der Waals surface area contributed by atoms with Crippen molar-refractivity contribution >= 4 is 29.1 Å². The molecule has 1 amide bonds. The van der Waals surface area contributed by atoms with Crippen LogP contribution in [0.25, 0.3) is 0 Å². The van der Waals surface area contributed by atoms with E-state index in [2.05, 4.69) is 10.3 Å².